The first kappa shape index (κ1) is 17.9. The first-order valence-electron chi connectivity index (χ1n) is 7.49. The number of nitrogens with one attached hydrogen (secondary N) is 2. The summed E-state index contributed by atoms with van der Waals surface area (Å²) in [4.78, 5) is 24.7. The lowest BCUT2D eigenvalue weighted by molar-refractivity contribution is -0.118. The SMILES string of the molecule is CC(C)[C@@H](NC(=O)c1ccc(Cl)cc1)C(=O)Nc1ccc(F)cc1. The van der Waals surface area contributed by atoms with Gasteiger partial charge in [0, 0.05) is 16.3 Å². The molecule has 0 spiro atoms. The number of hydrogen-bond donors (Lipinski definition) is 2. The molecular weight excluding hydrogens is 331 g/mol. The van der Waals surface area contributed by atoms with Crippen LogP contribution in [0.15, 0.2) is 48.5 Å². The summed E-state index contributed by atoms with van der Waals surface area (Å²) in [5.74, 6) is -1.23. The van der Waals surface area contributed by atoms with Crippen LogP contribution in [-0.4, -0.2) is 17.9 Å². The zero-order valence-corrected chi connectivity index (χ0v) is 14.1. The third kappa shape index (κ3) is 4.80. The second-order valence-corrected chi connectivity index (χ2v) is 6.13. The summed E-state index contributed by atoms with van der Waals surface area (Å²) in [5.41, 5.74) is 0.882. The van der Waals surface area contributed by atoms with Crippen LogP contribution >= 0.6 is 11.6 Å². The van der Waals surface area contributed by atoms with Gasteiger partial charge in [0.1, 0.15) is 11.9 Å². The fourth-order valence-electron chi connectivity index (χ4n) is 2.11. The van der Waals surface area contributed by atoms with Gasteiger partial charge < -0.3 is 10.6 Å². The Balaban J connectivity index is 2.07. The average Bonchev–Trinajstić information content (AvgIpc) is 2.54. The maximum atomic E-state index is 12.9. The molecule has 0 aromatic heterocycles. The largest absolute Gasteiger partial charge is 0.340 e. The van der Waals surface area contributed by atoms with Gasteiger partial charge in [-0.1, -0.05) is 25.4 Å². The van der Waals surface area contributed by atoms with Crippen molar-refractivity contribution in [2.75, 3.05) is 5.32 Å². The molecule has 126 valence electrons. The molecule has 2 rings (SSSR count). The molecule has 0 unspecified atom stereocenters. The van der Waals surface area contributed by atoms with Crippen LogP contribution in [0.5, 0.6) is 0 Å². The predicted molar refractivity (Wildman–Crippen MR) is 92.6 cm³/mol. The molecule has 2 amide bonds. The van der Waals surface area contributed by atoms with Crippen molar-refractivity contribution < 1.29 is 14.0 Å². The van der Waals surface area contributed by atoms with Gasteiger partial charge in [0.25, 0.3) is 5.91 Å². The average molecular weight is 349 g/mol. The maximum Gasteiger partial charge on any atom is 0.251 e. The molecule has 0 saturated heterocycles. The van der Waals surface area contributed by atoms with E-state index in [0.29, 0.717) is 16.3 Å². The highest BCUT2D eigenvalue weighted by Gasteiger charge is 2.24. The van der Waals surface area contributed by atoms with Gasteiger partial charge in [-0.25, -0.2) is 4.39 Å². The minimum Gasteiger partial charge on any atom is -0.340 e. The molecule has 1 atom stereocenters. The molecule has 0 saturated carbocycles. The Morgan fingerprint density at radius 1 is 1.00 bits per heavy atom. The van der Waals surface area contributed by atoms with Crippen molar-refractivity contribution in [3.05, 3.63) is 64.9 Å². The van der Waals surface area contributed by atoms with E-state index in [1.54, 1.807) is 24.3 Å². The fraction of sp³-hybridized carbons (Fsp3) is 0.222. The molecule has 2 aromatic carbocycles. The monoisotopic (exact) mass is 348 g/mol. The summed E-state index contributed by atoms with van der Waals surface area (Å²) in [5, 5.41) is 5.92. The van der Waals surface area contributed by atoms with E-state index in [1.807, 2.05) is 13.8 Å². The molecule has 6 heteroatoms. The third-order valence-corrected chi connectivity index (χ3v) is 3.71. The van der Waals surface area contributed by atoms with Crippen molar-refractivity contribution in [1.29, 1.82) is 0 Å². The first-order chi connectivity index (χ1) is 11.4. The van der Waals surface area contributed by atoms with Gasteiger partial charge in [-0.05, 0) is 54.4 Å². The van der Waals surface area contributed by atoms with Crippen molar-refractivity contribution in [2.45, 2.75) is 19.9 Å². The molecule has 4 nitrogen and oxygen atoms in total. The van der Waals surface area contributed by atoms with Crippen LogP contribution in [0, 0.1) is 11.7 Å². The van der Waals surface area contributed by atoms with E-state index < -0.39 is 6.04 Å². The number of anilines is 1. The Bertz CT molecular complexity index is 715. The number of carbonyl (C=O) groups excluding carboxylic acids is 2. The quantitative estimate of drug-likeness (QED) is 0.861. The Morgan fingerprint density at radius 2 is 1.58 bits per heavy atom. The highest BCUT2D eigenvalue weighted by molar-refractivity contribution is 6.30. The van der Waals surface area contributed by atoms with Gasteiger partial charge in [-0.3, -0.25) is 9.59 Å². The Labute approximate surface area is 145 Å². The molecule has 0 aliphatic rings. The fourth-order valence-corrected chi connectivity index (χ4v) is 2.24. The summed E-state index contributed by atoms with van der Waals surface area (Å²) in [6, 6.07) is 11.1. The molecule has 0 heterocycles. The molecule has 2 N–H and O–H groups in total. The van der Waals surface area contributed by atoms with Crippen molar-refractivity contribution >= 4 is 29.1 Å². The Kier molecular flexibility index (Phi) is 5.93. The van der Waals surface area contributed by atoms with E-state index in [4.69, 9.17) is 11.6 Å². The Morgan fingerprint density at radius 3 is 2.12 bits per heavy atom. The Hall–Kier alpha value is -2.40. The summed E-state index contributed by atoms with van der Waals surface area (Å²) in [6.07, 6.45) is 0. The summed E-state index contributed by atoms with van der Waals surface area (Å²) in [7, 11) is 0. The van der Waals surface area contributed by atoms with Crippen LogP contribution in [0.25, 0.3) is 0 Å². The topological polar surface area (TPSA) is 58.2 Å². The smallest absolute Gasteiger partial charge is 0.251 e. The zero-order valence-electron chi connectivity index (χ0n) is 13.3. The summed E-state index contributed by atoms with van der Waals surface area (Å²) < 4.78 is 12.9. The zero-order chi connectivity index (χ0) is 17.7. The summed E-state index contributed by atoms with van der Waals surface area (Å²) in [6.45, 7) is 3.66. The molecule has 0 radical (unpaired) electrons. The van der Waals surface area contributed by atoms with Crippen LogP contribution in [0.3, 0.4) is 0 Å². The van der Waals surface area contributed by atoms with Crippen LogP contribution in [0.1, 0.15) is 24.2 Å². The minimum absolute atomic E-state index is 0.123. The molecule has 24 heavy (non-hydrogen) atoms. The number of benzene rings is 2. The molecule has 0 bridgehead atoms. The lowest BCUT2D eigenvalue weighted by Gasteiger charge is -2.21. The van der Waals surface area contributed by atoms with Crippen molar-refractivity contribution in [3.63, 3.8) is 0 Å². The van der Waals surface area contributed by atoms with Crippen LogP contribution < -0.4 is 10.6 Å². The molecule has 0 fully saturated rings. The standard InChI is InChI=1S/C18H18ClFN2O2/c1-11(2)16(18(24)21-15-9-7-14(20)8-10-15)22-17(23)12-3-5-13(19)6-4-12/h3-11,16H,1-2H3,(H,21,24)(H,22,23)/t16-/m1/s1. The number of hydrogen-bond acceptors (Lipinski definition) is 2. The third-order valence-electron chi connectivity index (χ3n) is 3.45. The maximum absolute atomic E-state index is 12.9. The highest BCUT2D eigenvalue weighted by atomic mass is 35.5. The molecule has 2 aromatic rings. The first-order valence-corrected chi connectivity index (χ1v) is 7.87. The van der Waals surface area contributed by atoms with Crippen LogP contribution in [-0.2, 0) is 4.79 Å². The van der Waals surface area contributed by atoms with Gasteiger partial charge in [-0.15, -0.1) is 0 Å². The number of amides is 2. The molecule has 0 aliphatic carbocycles. The predicted octanol–water partition coefficient (Wildman–Crippen LogP) is 3.87. The highest BCUT2D eigenvalue weighted by Crippen LogP contribution is 2.13. The van der Waals surface area contributed by atoms with E-state index >= 15 is 0 Å². The van der Waals surface area contributed by atoms with E-state index in [-0.39, 0.29) is 23.5 Å². The number of carbonyl (C=O) groups is 2. The van der Waals surface area contributed by atoms with Crippen molar-refractivity contribution in [1.82, 2.24) is 5.32 Å². The minimum atomic E-state index is -0.724. The van der Waals surface area contributed by atoms with Gasteiger partial charge >= 0.3 is 0 Å². The second-order valence-electron chi connectivity index (χ2n) is 5.70. The van der Waals surface area contributed by atoms with Crippen molar-refractivity contribution in [3.8, 4) is 0 Å². The second kappa shape index (κ2) is 7.93. The molecular formula is C18H18ClFN2O2. The van der Waals surface area contributed by atoms with Gasteiger partial charge in [0.2, 0.25) is 5.91 Å². The lowest BCUT2D eigenvalue weighted by atomic mass is 10.0. The summed E-state index contributed by atoms with van der Waals surface area (Å²) >= 11 is 5.80. The van der Waals surface area contributed by atoms with E-state index in [0.717, 1.165) is 0 Å². The van der Waals surface area contributed by atoms with E-state index in [2.05, 4.69) is 10.6 Å². The van der Waals surface area contributed by atoms with Crippen molar-refractivity contribution in [2.24, 2.45) is 5.92 Å². The van der Waals surface area contributed by atoms with E-state index in [1.165, 1.54) is 24.3 Å². The number of halogens is 2. The number of rotatable bonds is 5. The van der Waals surface area contributed by atoms with Crippen LogP contribution in [0.4, 0.5) is 10.1 Å². The van der Waals surface area contributed by atoms with Gasteiger partial charge in [0.15, 0.2) is 0 Å². The van der Waals surface area contributed by atoms with Crippen LogP contribution in [0.2, 0.25) is 5.02 Å². The normalized spacial score (nSPS) is 11.9. The lowest BCUT2D eigenvalue weighted by Crippen LogP contribution is -2.47. The van der Waals surface area contributed by atoms with E-state index in [9.17, 15) is 14.0 Å². The molecule has 0 aliphatic heterocycles. The van der Waals surface area contributed by atoms with Gasteiger partial charge in [0.05, 0.1) is 0 Å². The van der Waals surface area contributed by atoms with Gasteiger partial charge in [-0.2, -0.15) is 0 Å².